The smallest absolute Gasteiger partial charge is 0.325 e. The molecule has 8 heteroatoms. The third kappa shape index (κ3) is 2.48. The fourth-order valence-corrected chi connectivity index (χ4v) is 4.38. The van der Waals surface area contributed by atoms with Crippen molar-refractivity contribution in [2.45, 2.75) is 24.9 Å². The second-order valence-electron chi connectivity index (χ2n) is 6.86. The van der Waals surface area contributed by atoms with E-state index in [-0.39, 0.29) is 18.3 Å². The van der Waals surface area contributed by atoms with Crippen molar-refractivity contribution >= 4 is 27.9 Å². The van der Waals surface area contributed by atoms with Crippen LogP contribution in [-0.4, -0.2) is 27.0 Å². The lowest BCUT2D eigenvalue weighted by Crippen LogP contribution is -2.41. The average molecular weight is 439 g/mol. The summed E-state index contributed by atoms with van der Waals surface area (Å²) in [6.45, 7) is -0.0635. The van der Waals surface area contributed by atoms with Crippen LogP contribution in [0.3, 0.4) is 0 Å². The number of aromatic nitrogens is 2. The van der Waals surface area contributed by atoms with Crippen LogP contribution in [0.2, 0.25) is 0 Å². The van der Waals surface area contributed by atoms with E-state index >= 15 is 0 Å². The number of carbonyl (C=O) groups excluding carboxylic acids is 2. The van der Waals surface area contributed by atoms with Gasteiger partial charge in [0.1, 0.15) is 12.1 Å². The van der Waals surface area contributed by atoms with Gasteiger partial charge in [0.25, 0.3) is 5.91 Å². The first-order valence-electron chi connectivity index (χ1n) is 8.88. The lowest BCUT2D eigenvalue weighted by molar-refractivity contribution is -0.132. The number of halogens is 1. The number of nitrogens with one attached hydrogen (secondary N) is 1. The Kier molecular flexibility index (Phi) is 3.83. The number of imide groups is 1. The van der Waals surface area contributed by atoms with Crippen molar-refractivity contribution in [3.8, 4) is 11.5 Å². The molecule has 1 spiro atoms. The summed E-state index contributed by atoms with van der Waals surface area (Å²) in [6, 6.07) is 14.8. The van der Waals surface area contributed by atoms with Crippen LogP contribution in [0.5, 0.6) is 0 Å². The van der Waals surface area contributed by atoms with E-state index in [2.05, 4.69) is 31.4 Å². The first kappa shape index (κ1) is 17.1. The van der Waals surface area contributed by atoms with Crippen molar-refractivity contribution in [3.05, 3.63) is 70.0 Å². The zero-order chi connectivity index (χ0) is 19.3. The Labute approximate surface area is 168 Å². The Balaban J connectivity index is 1.42. The molecule has 1 N–H and O–H groups in total. The minimum Gasteiger partial charge on any atom is -0.419 e. The molecule has 0 bridgehead atoms. The first-order valence-corrected chi connectivity index (χ1v) is 9.67. The normalized spacial score (nSPS) is 20.7. The van der Waals surface area contributed by atoms with Crippen LogP contribution in [0.4, 0.5) is 4.79 Å². The van der Waals surface area contributed by atoms with Gasteiger partial charge in [-0.3, -0.25) is 9.69 Å². The van der Waals surface area contributed by atoms with Crippen LogP contribution < -0.4 is 5.32 Å². The third-order valence-electron chi connectivity index (χ3n) is 5.29. The van der Waals surface area contributed by atoms with Crippen LogP contribution in [0, 0.1) is 0 Å². The average Bonchev–Trinajstić information content (AvgIpc) is 3.37. The lowest BCUT2D eigenvalue weighted by atomic mass is 9.92. The number of nitrogens with zero attached hydrogens (tertiary/aromatic N) is 3. The number of fused-ring (bicyclic) bond motifs is 2. The minimum absolute atomic E-state index is 0.0635. The summed E-state index contributed by atoms with van der Waals surface area (Å²) in [5, 5.41) is 11.0. The fraction of sp³-hybridized carbons (Fsp3) is 0.200. The van der Waals surface area contributed by atoms with Crippen molar-refractivity contribution in [1.29, 1.82) is 0 Å². The van der Waals surface area contributed by atoms with Gasteiger partial charge in [-0.25, -0.2) is 4.79 Å². The SMILES string of the molecule is O=C1N[C@]2(CCc3ccccc32)C(=O)N1Cc1nnc(-c2ccccc2Br)o1. The standard InChI is InChI=1S/C20H15BrN4O3/c21-15-8-4-2-6-13(15)17-24-23-16(28-17)11-25-18(26)20(22-19(25)27)10-9-12-5-1-3-7-14(12)20/h1-8H,9-11H2,(H,22,27)/t20-/m0/s1. The molecule has 5 rings (SSSR count). The molecule has 28 heavy (non-hydrogen) atoms. The summed E-state index contributed by atoms with van der Waals surface area (Å²) in [5.41, 5.74) is 1.72. The van der Waals surface area contributed by atoms with E-state index in [1.807, 2.05) is 48.5 Å². The summed E-state index contributed by atoms with van der Waals surface area (Å²) in [7, 11) is 0. The largest absolute Gasteiger partial charge is 0.419 e. The van der Waals surface area contributed by atoms with Crippen LogP contribution in [0.25, 0.3) is 11.5 Å². The molecule has 1 aromatic heterocycles. The topological polar surface area (TPSA) is 88.3 Å². The number of aryl methyl sites for hydroxylation is 1. The molecule has 3 aromatic rings. The van der Waals surface area contributed by atoms with Crippen molar-refractivity contribution in [1.82, 2.24) is 20.4 Å². The molecule has 3 amide bonds. The molecule has 140 valence electrons. The summed E-state index contributed by atoms with van der Waals surface area (Å²) in [6.07, 6.45) is 1.31. The molecule has 1 saturated heterocycles. The van der Waals surface area contributed by atoms with Crippen molar-refractivity contribution in [2.24, 2.45) is 0 Å². The Morgan fingerprint density at radius 1 is 1.11 bits per heavy atom. The van der Waals surface area contributed by atoms with E-state index in [0.29, 0.717) is 12.3 Å². The maximum Gasteiger partial charge on any atom is 0.325 e. The van der Waals surface area contributed by atoms with Gasteiger partial charge in [-0.15, -0.1) is 10.2 Å². The van der Waals surface area contributed by atoms with Crippen LogP contribution >= 0.6 is 15.9 Å². The summed E-state index contributed by atoms with van der Waals surface area (Å²) < 4.78 is 6.52. The maximum atomic E-state index is 13.2. The number of rotatable bonds is 3. The van der Waals surface area contributed by atoms with E-state index < -0.39 is 11.6 Å². The molecule has 2 heterocycles. The van der Waals surface area contributed by atoms with Crippen molar-refractivity contribution in [2.75, 3.05) is 0 Å². The Bertz CT molecular complexity index is 1110. The molecule has 2 aromatic carbocycles. The zero-order valence-corrected chi connectivity index (χ0v) is 16.3. The quantitative estimate of drug-likeness (QED) is 0.633. The molecule has 1 atom stereocenters. The van der Waals surface area contributed by atoms with Gasteiger partial charge in [0.15, 0.2) is 0 Å². The Morgan fingerprint density at radius 2 is 1.89 bits per heavy atom. The number of benzene rings is 2. The third-order valence-corrected chi connectivity index (χ3v) is 5.98. The molecule has 7 nitrogen and oxygen atoms in total. The molecule has 2 aliphatic rings. The maximum absolute atomic E-state index is 13.2. The van der Waals surface area contributed by atoms with Gasteiger partial charge in [0, 0.05) is 4.47 Å². The van der Waals surface area contributed by atoms with E-state index in [0.717, 1.165) is 32.5 Å². The number of hydrogen-bond donors (Lipinski definition) is 1. The van der Waals surface area contributed by atoms with E-state index in [1.165, 1.54) is 0 Å². The lowest BCUT2D eigenvalue weighted by Gasteiger charge is -2.21. The van der Waals surface area contributed by atoms with Gasteiger partial charge < -0.3 is 9.73 Å². The highest BCUT2D eigenvalue weighted by molar-refractivity contribution is 9.10. The van der Waals surface area contributed by atoms with Crippen LogP contribution in [0.15, 0.2) is 57.4 Å². The molecule has 0 unspecified atom stereocenters. The monoisotopic (exact) mass is 438 g/mol. The van der Waals surface area contributed by atoms with E-state index in [9.17, 15) is 9.59 Å². The van der Waals surface area contributed by atoms with Crippen molar-refractivity contribution < 1.29 is 14.0 Å². The highest BCUT2D eigenvalue weighted by Gasteiger charge is 2.55. The second kappa shape index (κ2) is 6.27. The van der Waals surface area contributed by atoms with Gasteiger partial charge in [0.05, 0.1) is 5.56 Å². The molecule has 0 radical (unpaired) electrons. The first-order chi connectivity index (χ1) is 13.6. The molecular weight excluding hydrogens is 424 g/mol. The summed E-state index contributed by atoms with van der Waals surface area (Å²) in [4.78, 5) is 26.9. The van der Waals surface area contributed by atoms with E-state index in [1.54, 1.807) is 0 Å². The summed E-state index contributed by atoms with van der Waals surface area (Å²) >= 11 is 3.45. The second-order valence-corrected chi connectivity index (χ2v) is 7.72. The van der Waals surface area contributed by atoms with Gasteiger partial charge in [0.2, 0.25) is 11.8 Å². The number of urea groups is 1. The van der Waals surface area contributed by atoms with Gasteiger partial charge in [-0.05, 0) is 52.0 Å². The molecule has 1 aliphatic carbocycles. The summed E-state index contributed by atoms with van der Waals surface area (Å²) in [5.74, 6) is 0.260. The number of hydrogen-bond acceptors (Lipinski definition) is 5. The van der Waals surface area contributed by atoms with Gasteiger partial charge >= 0.3 is 6.03 Å². The molecule has 0 saturated carbocycles. The predicted octanol–water partition coefficient (Wildman–Crippen LogP) is 3.39. The number of amides is 3. The predicted molar refractivity (Wildman–Crippen MR) is 103 cm³/mol. The highest BCUT2D eigenvalue weighted by atomic mass is 79.9. The highest BCUT2D eigenvalue weighted by Crippen LogP contribution is 2.41. The van der Waals surface area contributed by atoms with Crippen molar-refractivity contribution in [3.63, 3.8) is 0 Å². The van der Waals surface area contributed by atoms with Gasteiger partial charge in [-0.2, -0.15) is 0 Å². The Morgan fingerprint density at radius 3 is 2.75 bits per heavy atom. The van der Waals surface area contributed by atoms with Gasteiger partial charge in [-0.1, -0.05) is 36.4 Å². The Hall–Kier alpha value is -3.00. The fourth-order valence-electron chi connectivity index (χ4n) is 3.93. The minimum atomic E-state index is -0.987. The van der Waals surface area contributed by atoms with Crippen LogP contribution in [-0.2, 0) is 23.3 Å². The molecular formula is C20H15BrN4O3. The number of carbonyl (C=O) groups is 2. The van der Waals surface area contributed by atoms with E-state index in [4.69, 9.17) is 4.42 Å². The zero-order valence-electron chi connectivity index (χ0n) is 14.7. The molecule has 1 fully saturated rings. The van der Waals surface area contributed by atoms with Crippen LogP contribution in [0.1, 0.15) is 23.4 Å². The molecule has 1 aliphatic heterocycles.